The summed E-state index contributed by atoms with van der Waals surface area (Å²) in [6, 6.07) is 45.9. The third-order valence-electron chi connectivity index (χ3n) is 10.5. The fraction of sp³-hybridized carbons (Fsp3) is 0.347. The van der Waals surface area contributed by atoms with Gasteiger partial charge in [-0.15, -0.1) is 0 Å². The van der Waals surface area contributed by atoms with E-state index in [1.165, 1.54) is 0 Å². The third-order valence-corrected chi connectivity index (χ3v) is 10.5. The molecule has 62 heavy (non-hydrogen) atoms. The van der Waals surface area contributed by atoms with Crippen LogP contribution in [0.15, 0.2) is 152 Å². The number of carbonyl (C=O) groups is 2. The van der Waals surface area contributed by atoms with Crippen molar-refractivity contribution in [2.45, 2.75) is 88.2 Å². The lowest BCUT2D eigenvalue weighted by Crippen LogP contribution is -2.61. The summed E-state index contributed by atoms with van der Waals surface area (Å²) in [5.41, 5.74) is 3.41. The van der Waals surface area contributed by atoms with Crippen LogP contribution in [-0.2, 0) is 62.5 Å². The molecule has 0 unspecified atom stereocenters. The number of hydrogen-bond acceptors (Lipinski definition) is 13. The number of aliphatic hydroxyl groups excluding tert-OH is 2. The van der Waals surface area contributed by atoms with Gasteiger partial charge in [-0.2, -0.15) is 0 Å². The zero-order valence-electron chi connectivity index (χ0n) is 34.3. The summed E-state index contributed by atoms with van der Waals surface area (Å²) in [5.74, 6) is -1.42. The van der Waals surface area contributed by atoms with Crippen LogP contribution in [0.3, 0.4) is 0 Å². The van der Waals surface area contributed by atoms with Crippen molar-refractivity contribution < 1.29 is 62.4 Å². The lowest BCUT2D eigenvalue weighted by Gasteiger charge is -2.45. The first-order valence-corrected chi connectivity index (χ1v) is 20.7. The van der Waals surface area contributed by atoms with Gasteiger partial charge >= 0.3 is 11.9 Å². The average Bonchev–Trinajstić information content (AvgIpc) is 3.32. The fourth-order valence-electron chi connectivity index (χ4n) is 7.22. The minimum Gasteiger partial charge on any atom is -0.459 e. The van der Waals surface area contributed by atoms with Gasteiger partial charge in [0, 0.05) is 0 Å². The van der Waals surface area contributed by atoms with Crippen LogP contribution in [0.4, 0.5) is 0 Å². The summed E-state index contributed by atoms with van der Waals surface area (Å²) in [6.45, 7) is 2.09. The Balaban J connectivity index is 1.06. The van der Waals surface area contributed by atoms with Crippen molar-refractivity contribution in [3.8, 4) is 0 Å². The molecule has 0 radical (unpaired) electrons. The van der Waals surface area contributed by atoms with Crippen molar-refractivity contribution in [1.29, 1.82) is 0 Å². The van der Waals surface area contributed by atoms with Gasteiger partial charge in [0.2, 0.25) is 0 Å². The SMILES string of the molecule is C[C@@H]1O[C@@H](OCCO[C@@H]2O[C@H](COC(=O)c3ccccc3)[C@H](O)[C@H](O)[C@H]2OC(=O)c2ccccc2)[C@@H](OCc2ccccc2)[C@H](OCc2ccccc2)[C@@H]1OCc1ccccc1. The van der Waals surface area contributed by atoms with E-state index in [1.807, 2.05) is 97.9 Å². The lowest BCUT2D eigenvalue weighted by atomic mass is 9.98. The average molecular weight is 849 g/mol. The standard InChI is InChI=1S/C49H52O13/c1-33-42(56-29-34-17-7-2-8-18-34)44(57-30-35-19-9-3-10-20-35)45(58-31-36-21-11-4-12-22-36)49(60-33)55-28-27-54-48-43(62-47(53)38-25-15-6-16-26-38)41(51)40(50)39(61-48)32-59-46(52)37-23-13-5-14-24-37/h2-26,33,39-45,48-51H,27-32H2,1H3/t33-,39+,40-,41-,42+,43+,44+,45-,48+,49+/m0/s1. The van der Waals surface area contributed by atoms with E-state index in [2.05, 4.69) is 0 Å². The van der Waals surface area contributed by atoms with Crippen LogP contribution >= 0.6 is 0 Å². The van der Waals surface area contributed by atoms with E-state index in [4.69, 9.17) is 42.6 Å². The van der Waals surface area contributed by atoms with Gasteiger partial charge in [0.25, 0.3) is 0 Å². The highest BCUT2D eigenvalue weighted by Crippen LogP contribution is 2.32. The molecule has 326 valence electrons. The zero-order valence-corrected chi connectivity index (χ0v) is 34.3. The molecule has 7 rings (SSSR count). The number of esters is 2. The molecule has 2 heterocycles. The van der Waals surface area contributed by atoms with Crippen LogP contribution in [0.25, 0.3) is 0 Å². The maximum Gasteiger partial charge on any atom is 0.338 e. The highest BCUT2D eigenvalue weighted by Gasteiger charge is 2.49. The van der Waals surface area contributed by atoms with Crippen LogP contribution in [0, 0.1) is 0 Å². The Hall–Kier alpha value is -5.32. The molecule has 0 amide bonds. The highest BCUT2D eigenvalue weighted by molar-refractivity contribution is 5.89. The summed E-state index contributed by atoms with van der Waals surface area (Å²) >= 11 is 0. The first-order chi connectivity index (χ1) is 30.3. The smallest absolute Gasteiger partial charge is 0.338 e. The van der Waals surface area contributed by atoms with E-state index in [0.29, 0.717) is 12.2 Å². The second kappa shape index (κ2) is 22.7. The predicted octanol–water partition coefficient (Wildman–Crippen LogP) is 6.05. The van der Waals surface area contributed by atoms with Gasteiger partial charge in [-0.05, 0) is 47.9 Å². The van der Waals surface area contributed by atoms with E-state index in [0.717, 1.165) is 16.7 Å². The molecule has 10 atom stereocenters. The molecule has 2 aliphatic heterocycles. The Morgan fingerprint density at radius 1 is 0.484 bits per heavy atom. The van der Waals surface area contributed by atoms with Crippen molar-refractivity contribution in [2.75, 3.05) is 19.8 Å². The summed E-state index contributed by atoms with van der Waals surface area (Å²) < 4.78 is 56.0. The van der Waals surface area contributed by atoms with E-state index in [9.17, 15) is 19.8 Å². The number of rotatable bonds is 19. The first kappa shape index (κ1) is 44.7. The van der Waals surface area contributed by atoms with Crippen LogP contribution in [0.5, 0.6) is 0 Å². The number of aliphatic hydroxyl groups is 2. The lowest BCUT2D eigenvalue weighted by molar-refractivity contribution is -0.328. The number of ether oxygens (including phenoxy) is 9. The van der Waals surface area contributed by atoms with Crippen molar-refractivity contribution in [2.24, 2.45) is 0 Å². The maximum absolute atomic E-state index is 13.2. The Morgan fingerprint density at radius 3 is 1.40 bits per heavy atom. The fourth-order valence-corrected chi connectivity index (χ4v) is 7.22. The normalized spacial score (nSPS) is 26.0. The van der Waals surface area contributed by atoms with E-state index in [1.54, 1.807) is 60.7 Å². The molecule has 2 saturated heterocycles. The molecule has 13 nitrogen and oxygen atoms in total. The van der Waals surface area contributed by atoms with Crippen molar-refractivity contribution in [3.63, 3.8) is 0 Å². The maximum atomic E-state index is 13.2. The molecule has 0 aromatic heterocycles. The topological polar surface area (TPSA) is 158 Å². The van der Waals surface area contributed by atoms with Gasteiger partial charge in [-0.25, -0.2) is 9.59 Å². The summed E-state index contributed by atoms with van der Waals surface area (Å²) in [6.07, 6.45) is -10.8. The molecular weight excluding hydrogens is 797 g/mol. The Labute approximate surface area is 361 Å². The highest BCUT2D eigenvalue weighted by atomic mass is 16.7. The van der Waals surface area contributed by atoms with Gasteiger partial charge in [0.15, 0.2) is 18.7 Å². The van der Waals surface area contributed by atoms with Crippen molar-refractivity contribution in [1.82, 2.24) is 0 Å². The molecule has 13 heteroatoms. The van der Waals surface area contributed by atoms with Crippen molar-refractivity contribution >= 4 is 11.9 Å². The van der Waals surface area contributed by atoms with E-state index >= 15 is 0 Å². The minimum atomic E-state index is -1.67. The van der Waals surface area contributed by atoms with Crippen LogP contribution < -0.4 is 0 Å². The summed E-state index contributed by atoms with van der Waals surface area (Å²) in [5, 5.41) is 22.4. The van der Waals surface area contributed by atoms with Crippen LogP contribution in [0.1, 0.15) is 44.3 Å². The number of benzene rings is 5. The molecular formula is C49H52O13. The van der Waals surface area contributed by atoms with Gasteiger partial charge in [-0.1, -0.05) is 127 Å². The largest absolute Gasteiger partial charge is 0.459 e. The number of carbonyl (C=O) groups excluding carboxylic acids is 2. The second-order valence-electron chi connectivity index (χ2n) is 15.0. The molecule has 2 N–H and O–H groups in total. The predicted molar refractivity (Wildman–Crippen MR) is 224 cm³/mol. The molecule has 0 bridgehead atoms. The molecule has 0 aliphatic carbocycles. The Morgan fingerprint density at radius 2 is 0.903 bits per heavy atom. The first-order valence-electron chi connectivity index (χ1n) is 20.7. The molecule has 5 aromatic carbocycles. The van der Waals surface area contributed by atoms with Gasteiger partial charge < -0.3 is 52.8 Å². The number of hydrogen-bond donors (Lipinski definition) is 2. The Kier molecular flexibility index (Phi) is 16.4. The summed E-state index contributed by atoms with van der Waals surface area (Å²) in [7, 11) is 0. The van der Waals surface area contributed by atoms with Crippen LogP contribution in [-0.4, -0.2) is 103 Å². The van der Waals surface area contributed by atoms with E-state index < -0.39 is 80.0 Å². The summed E-state index contributed by atoms with van der Waals surface area (Å²) in [4.78, 5) is 25.9. The van der Waals surface area contributed by atoms with Gasteiger partial charge in [0.1, 0.15) is 43.2 Å². The monoisotopic (exact) mass is 848 g/mol. The minimum absolute atomic E-state index is 0.0744. The molecule has 0 saturated carbocycles. The second-order valence-corrected chi connectivity index (χ2v) is 15.0. The Bertz CT molecular complexity index is 2070. The molecule has 5 aromatic rings. The molecule has 0 spiro atoms. The van der Waals surface area contributed by atoms with Crippen molar-refractivity contribution in [3.05, 3.63) is 179 Å². The molecule has 2 aliphatic rings. The zero-order chi connectivity index (χ0) is 43.1. The van der Waals surface area contributed by atoms with Crippen LogP contribution in [0.2, 0.25) is 0 Å². The third kappa shape index (κ3) is 12.2. The van der Waals surface area contributed by atoms with Gasteiger partial charge in [0.05, 0.1) is 50.3 Å². The van der Waals surface area contributed by atoms with E-state index in [-0.39, 0.29) is 32.0 Å². The van der Waals surface area contributed by atoms with Gasteiger partial charge in [-0.3, -0.25) is 0 Å². The quantitative estimate of drug-likeness (QED) is 0.0732. The molecule has 2 fully saturated rings.